The molecule has 0 spiro atoms. The van der Waals surface area contributed by atoms with E-state index >= 15 is 0 Å². The molecule has 1 heterocycles. The van der Waals surface area contributed by atoms with Gasteiger partial charge in [0.15, 0.2) is 12.4 Å². The van der Waals surface area contributed by atoms with Gasteiger partial charge in [-0.3, -0.25) is 19.2 Å². The van der Waals surface area contributed by atoms with Crippen molar-refractivity contribution in [2.24, 2.45) is 5.92 Å². The highest BCUT2D eigenvalue weighted by Crippen LogP contribution is 2.27. The molecule has 2 rings (SSSR count). The monoisotopic (exact) mass is 364 g/mol. The number of anilines is 1. The molecule has 0 bridgehead atoms. The van der Waals surface area contributed by atoms with E-state index in [1.54, 1.807) is 18.2 Å². The molecule has 7 nitrogen and oxygen atoms in total. The van der Waals surface area contributed by atoms with Gasteiger partial charge in [-0.05, 0) is 30.9 Å². The fraction of sp³-hybridized carbons (Fsp3) is 0.412. The topological polar surface area (TPSA) is 102 Å². The fourth-order valence-electron chi connectivity index (χ4n) is 2.43. The molecule has 134 valence electrons. The molecular formula is C17H20N2O5S. The largest absolute Gasteiger partial charge is 0.457 e. The summed E-state index contributed by atoms with van der Waals surface area (Å²) in [6.45, 7) is 1.31. The van der Waals surface area contributed by atoms with Crippen molar-refractivity contribution in [3.8, 4) is 0 Å². The summed E-state index contributed by atoms with van der Waals surface area (Å²) in [4.78, 5) is 47.2. The van der Waals surface area contributed by atoms with E-state index in [0.717, 1.165) is 4.90 Å². The zero-order valence-corrected chi connectivity index (χ0v) is 14.9. The Morgan fingerprint density at radius 3 is 2.72 bits per heavy atom. The lowest BCUT2D eigenvalue weighted by molar-refractivity contribution is -0.148. The molecule has 1 unspecified atom stereocenters. The Morgan fingerprint density at radius 1 is 1.36 bits per heavy atom. The molecule has 25 heavy (non-hydrogen) atoms. The van der Waals surface area contributed by atoms with Crippen LogP contribution in [-0.4, -0.2) is 43.0 Å². The fourth-order valence-corrected chi connectivity index (χ4v) is 3.01. The number of esters is 1. The first-order valence-electron chi connectivity index (χ1n) is 7.83. The van der Waals surface area contributed by atoms with E-state index < -0.39 is 11.9 Å². The number of nitrogens with one attached hydrogen (secondary N) is 2. The molecule has 1 fully saturated rings. The second-order valence-electron chi connectivity index (χ2n) is 5.67. The van der Waals surface area contributed by atoms with Crippen molar-refractivity contribution in [3.63, 3.8) is 0 Å². The third-order valence-electron chi connectivity index (χ3n) is 3.78. The van der Waals surface area contributed by atoms with Crippen molar-refractivity contribution in [2.75, 3.05) is 24.7 Å². The Bertz CT molecular complexity index is 694. The first-order valence-corrected chi connectivity index (χ1v) is 9.05. The van der Waals surface area contributed by atoms with Crippen LogP contribution in [0.15, 0.2) is 23.1 Å². The Kier molecular flexibility index (Phi) is 6.58. The highest BCUT2D eigenvalue weighted by atomic mass is 32.2. The zero-order valence-electron chi connectivity index (χ0n) is 14.1. The van der Waals surface area contributed by atoms with Crippen LogP contribution in [0.4, 0.5) is 5.69 Å². The number of carbonyl (C=O) groups excluding carboxylic acids is 4. The summed E-state index contributed by atoms with van der Waals surface area (Å²) in [7, 11) is 0. The predicted octanol–water partition coefficient (Wildman–Crippen LogP) is 1.62. The quantitative estimate of drug-likeness (QED) is 0.452. The van der Waals surface area contributed by atoms with E-state index in [4.69, 9.17) is 4.74 Å². The standard InChI is InChI=1S/C17H20N2O5S/c1-10(20)19-13-5-3-11(7-15(13)25-2)14(21)9-24-17(23)12-4-6-16(22)18-8-12/h3,5,7,12H,4,6,8-9H2,1-2H3,(H,18,22)(H,19,20). The minimum Gasteiger partial charge on any atom is -0.457 e. The molecular weight excluding hydrogens is 344 g/mol. The Labute approximate surface area is 149 Å². The van der Waals surface area contributed by atoms with Crippen molar-refractivity contribution < 1.29 is 23.9 Å². The van der Waals surface area contributed by atoms with Crippen LogP contribution < -0.4 is 10.6 Å². The maximum Gasteiger partial charge on any atom is 0.311 e. The van der Waals surface area contributed by atoms with Gasteiger partial charge in [-0.15, -0.1) is 11.8 Å². The summed E-state index contributed by atoms with van der Waals surface area (Å²) < 4.78 is 5.08. The average Bonchev–Trinajstić information content (AvgIpc) is 2.59. The van der Waals surface area contributed by atoms with Gasteiger partial charge in [-0.1, -0.05) is 0 Å². The lowest BCUT2D eigenvalue weighted by Crippen LogP contribution is -2.39. The smallest absolute Gasteiger partial charge is 0.311 e. The average molecular weight is 364 g/mol. The van der Waals surface area contributed by atoms with Crippen LogP contribution in [0.1, 0.15) is 30.1 Å². The summed E-state index contributed by atoms with van der Waals surface area (Å²) in [6.07, 6.45) is 2.56. The molecule has 2 amide bonds. The second-order valence-corrected chi connectivity index (χ2v) is 6.51. The predicted molar refractivity (Wildman–Crippen MR) is 93.5 cm³/mol. The SMILES string of the molecule is CSc1cc(C(=O)COC(=O)C2CCC(=O)NC2)ccc1NC(C)=O. The van der Waals surface area contributed by atoms with Crippen LogP contribution in [0.5, 0.6) is 0 Å². The summed E-state index contributed by atoms with van der Waals surface area (Å²) in [5.74, 6) is -1.48. The molecule has 1 saturated heterocycles. The number of ketones is 1. The first-order chi connectivity index (χ1) is 11.9. The van der Waals surface area contributed by atoms with Crippen LogP contribution in [0.3, 0.4) is 0 Å². The number of benzene rings is 1. The molecule has 0 aliphatic carbocycles. The van der Waals surface area contributed by atoms with Gasteiger partial charge in [0.2, 0.25) is 11.8 Å². The lowest BCUT2D eigenvalue weighted by Gasteiger charge is -2.20. The number of hydrogen-bond acceptors (Lipinski definition) is 6. The van der Waals surface area contributed by atoms with Gasteiger partial charge in [0.1, 0.15) is 0 Å². The van der Waals surface area contributed by atoms with E-state index in [9.17, 15) is 19.2 Å². The minimum atomic E-state index is -0.478. The third kappa shape index (κ3) is 5.32. The number of rotatable bonds is 6. The summed E-state index contributed by atoms with van der Waals surface area (Å²) in [5, 5.41) is 5.30. The maximum absolute atomic E-state index is 12.2. The Hall–Kier alpha value is -2.35. The highest BCUT2D eigenvalue weighted by molar-refractivity contribution is 7.98. The lowest BCUT2D eigenvalue weighted by atomic mass is 9.99. The van der Waals surface area contributed by atoms with Crippen molar-refractivity contribution in [3.05, 3.63) is 23.8 Å². The van der Waals surface area contributed by atoms with Crippen LogP contribution >= 0.6 is 11.8 Å². The normalized spacial score (nSPS) is 16.7. The van der Waals surface area contributed by atoms with Crippen LogP contribution in [0.25, 0.3) is 0 Å². The van der Waals surface area contributed by atoms with Gasteiger partial charge in [-0.2, -0.15) is 0 Å². The molecule has 1 aliphatic heterocycles. The van der Waals surface area contributed by atoms with Crippen molar-refractivity contribution in [1.82, 2.24) is 5.32 Å². The number of ether oxygens (including phenoxy) is 1. The van der Waals surface area contributed by atoms with E-state index in [-0.39, 0.29) is 37.2 Å². The van der Waals surface area contributed by atoms with Gasteiger partial charge in [0.05, 0.1) is 11.6 Å². The highest BCUT2D eigenvalue weighted by Gasteiger charge is 2.26. The zero-order chi connectivity index (χ0) is 18.4. The maximum atomic E-state index is 12.2. The van der Waals surface area contributed by atoms with Crippen LogP contribution in [-0.2, 0) is 19.1 Å². The number of thioether (sulfide) groups is 1. The van der Waals surface area contributed by atoms with E-state index in [2.05, 4.69) is 10.6 Å². The summed E-state index contributed by atoms with van der Waals surface area (Å²) in [6, 6.07) is 4.90. The van der Waals surface area contributed by atoms with Gasteiger partial charge >= 0.3 is 5.97 Å². The number of amides is 2. The van der Waals surface area contributed by atoms with Gasteiger partial charge in [-0.25, -0.2) is 0 Å². The van der Waals surface area contributed by atoms with E-state index in [1.165, 1.54) is 18.7 Å². The van der Waals surface area contributed by atoms with Crippen LogP contribution in [0.2, 0.25) is 0 Å². The molecule has 0 saturated carbocycles. The van der Waals surface area contributed by atoms with Crippen LogP contribution in [0, 0.1) is 5.92 Å². The molecule has 0 radical (unpaired) electrons. The van der Waals surface area contributed by atoms with Gasteiger partial charge in [0.25, 0.3) is 0 Å². The second kappa shape index (κ2) is 8.66. The number of carbonyl (C=O) groups is 4. The molecule has 1 aliphatic rings. The Morgan fingerprint density at radius 2 is 2.12 bits per heavy atom. The molecule has 1 aromatic carbocycles. The summed E-state index contributed by atoms with van der Waals surface area (Å²) >= 11 is 1.40. The van der Waals surface area contributed by atoms with Gasteiger partial charge in [0, 0.05) is 30.3 Å². The van der Waals surface area contributed by atoms with E-state index in [0.29, 0.717) is 17.7 Å². The third-order valence-corrected chi connectivity index (χ3v) is 4.56. The molecule has 2 N–H and O–H groups in total. The van der Waals surface area contributed by atoms with E-state index in [1.807, 2.05) is 6.26 Å². The van der Waals surface area contributed by atoms with Crippen molar-refractivity contribution >= 4 is 41.0 Å². The molecule has 1 atom stereocenters. The Balaban J connectivity index is 1.95. The molecule has 0 aromatic heterocycles. The minimum absolute atomic E-state index is 0.0796. The van der Waals surface area contributed by atoms with Gasteiger partial charge < -0.3 is 15.4 Å². The van der Waals surface area contributed by atoms with Crippen molar-refractivity contribution in [1.29, 1.82) is 0 Å². The molecule has 8 heteroatoms. The molecule has 1 aromatic rings. The number of piperidine rings is 1. The first kappa shape index (κ1) is 19.0. The number of hydrogen-bond donors (Lipinski definition) is 2. The summed E-state index contributed by atoms with van der Waals surface area (Å²) in [5.41, 5.74) is 1.04. The van der Waals surface area contributed by atoms with Crippen molar-refractivity contribution in [2.45, 2.75) is 24.7 Å². The number of Topliss-reactive ketones (excluding diaryl/α,β-unsaturated/α-hetero) is 1.